The Morgan fingerprint density at radius 3 is 2.22 bits per heavy atom. The van der Waals surface area contributed by atoms with Crippen molar-refractivity contribution in [1.29, 1.82) is 0 Å². The van der Waals surface area contributed by atoms with Gasteiger partial charge >= 0.3 is 0 Å². The van der Waals surface area contributed by atoms with Crippen molar-refractivity contribution in [2.45, 2.75) is 0 Å². The van der Waals surface area contributed by atoms with Gasteiger partial charge in [0.05, 0.1) is 0 Å². The number of phenols is 3. The molecule has 0 saturated heterocycles. The van der Waals surface area contributed by atoms with Crippen LogP contribution in [0.1, 0.15) is 5.56 Å². The number of aromatic hydroxyl groups is 3. The highest BCUT2D eigenvalue weighted by Gasteiger charge is 2.06. The van der Waals surface area contributed by atoms with E-state index in [9.17, 15) is 15.0 Å². The lowest BCUT2D eigenvalue weighted by atomic mass is 10.1. The Morgan fingerprint density at radius 2 is 1.72 bits per heavy atom. The number of carbonyl (C=O) groups is 1. The molecule has 4 N–H and O–H groups in total. The molecule has 0 bridgehead atoms. The maximum Gasteiger partial charge on any atom is 0.200 e. The Labute approximate surface area is 103 Å². The Balaban J connectivity index is 2.92. The second-order valence-electron chi connectivity index (χ2n) is 3.42. The summed E-state index contributed by atoms with van der Waals surface area (Å²) in [4.78, 5) is 11.3. The molecule has 1 aromatic rings. The molecule has 0 radical (unpaired) electrons. The average molecular weight is 248 g/mol. The van der Waals surface area contributed by atoms with Crippen LogP contribution in [0.15, 0.2) is 42.7 Å². The minimum atomic E-state index is -0.623. The normalized spacial score (nSPS) is 11.7. The quantitative estimate of drug-likeness (QED) is 0.283. The summed E-state index contributed by atoms with van der Waals surface area (Å²) in [5.41, 5.74) is 0.322. The maximum absolute atomic E-state index is 11.3. The van der Waals surface area contributed by atoms with Crippen molar-refractivity contribution in [3.8, 4) is 17.2 Å². The van der Waals surface area contributed by atoms with Gasteiger partial charge in [0.25, 0.3) is 0 Å². The van der Waals surface area contributed by atoms with Gasteiger partial charge < -0.3 is 20.4 Å². The van der Waals surface area contributed by atoms with Gasteiger partial charge in [0, 0.05) is 6.08 Å². The Morgan fingerprint density at radius 1 is 1.17 bits per heavy atom. The zero-order chi connectivity index (χ0) is 13.7. The van der Waals surface area contributed by atoms with Crippen molar-refractivity contribution in [1.82, 2.24) is 0 Å². The summed E-state index contributed by atoms with van der Waals surface area (Å²) in [5, 5.41) is 36.6. The molecule has 5 nitrogen and oxygen atoms in total. The number of benzene rings is 1. The first kappa shape index (κ1) is 13.4. The molecule has 1 rings (SSSR count). The highest BCUT2D eigenvalue weighted by Crippen LogP contribution is 2.35. The fourth-order valence-electron chi connectivity index (χ4n) is 1.15. The minimum Gasteiger partial charge on any atom is -0.508 e. The monoisotopic (exact) mass is 248 g/mol. The second kappa shape index (κ2) is 5.58. The van der Waals surface area contributed by atoms with Crippen LogP contribution in [0.3, 0.4) is 0 Å². The van der Waals surface area contributed by atoms with Crippen LogP contribution < -0.4 is 0 Å². The van der Waals surface area contributed by atoms with Gasteiger partial charge in [-0.15, -0.1) is 0 Å². The van der Waals surface area contributed by atoms with Crippen LogP contribution in [0.5, 0.6) is 17.2 Å². The van der Waals surface area contributed by atoms with E-state index < -0.39 is 23.0 Å². The minimum absolute atomic E-state index is 0.263. The van der Waals surface area contributed by atoms with Gasteiger partial charge in [-0.05, 0) is 29.8 Å². The molecule has 0 spiro atoms. The molecule has 0 aliphatic carbocycles. The van der Waals surface area contributed by atoms with E-state index in [-0.39, 0.29) is 5.76 Å². The standard InChI is InChI=1S/C13H12O5/c1-2-9(14)7-10(15)4-3-8-5-11(16)13(18)12(17)6-8/h2-7,14,16-18H,1H2/b4-3?,9-7-. The number of hydrogen-bond donors (Lipinski definition) is 4. The molecule has 0 heterocycles. The lowest BCUT2D eigenvalue weighted by Gasteiger charge is -2.01. The van der Waals surface area contributed by atoms with Crippen molar-refractivity contribution >= 4 is 11.9 Å². The van der Waals surface area contributed by atoms with E-state index >= 15 is 0 Å². The summed E-state index contributed by atoms with van der Waals surface area (Å²) in [6.07, 6.45) is 4.52. The van der Waals surface area contributed by atoms with E-state index in [1.54, 1.807) is 0 Å². The van der Waals surface area contributed by atoms with Crippen LogP contribution >= 0.6 is 0 Å². The van der Waals surface area contributed by atoms with Crippen molar-refractivity contribution in [3.63, 3.8) is 0 Å². The molecule has 94 valence electrons. The van der Waals surface area contributed by atoms with E-state index in [1.807, 2.05) is 0 Å². The topological polar surface area (TPSA) is 98.0 Å². The Hall–Kier alpha value is -2.69. The largest absolute Gasteiger partial charge is 0.508 e. The van der Waals surface area contributed by atoms with E-state index in [2.05, 4.69) is 6.58 Å². The summed E-state index contributed by atoms with van der Waals surface area (Å²) in [6, 6.07) is 2.35. The lowest BCUT2D eigenvalue weighted by Crippen LogP contribution is -1.88. The van der Waals surface area contributed by atoms with Crippen molar-refractivity contribution in [2.24, 2.45) is 0 Å². The van der Waals surface area contributed by atoms with Gasteiger partial charge in [-0.25, -0.2) is 0 Å². The Kier molecular flexibility index (Phi) is 4.15. The van der Waals surface area contributed by atoms with Gasteiger partial charge in [-0.2, -0.15) is 0 Å². The van der Waals surface area contributed by atoms with Crippen molar-refractivity contribution < 1.29 is 25.2 Å². The zero-order valence-electron chi connectivity index (χ0n) is 9.37. The van der Waals surface area contributed by atoms with Gasteiger partial charge in [-0.1, -0.05) is 12.7 Å². The van der Waals surface area contributed by atoms with Crippen molar-refractivity contribution in [3.05, 3.63) is 48.3 Å². The number of carbonyl (C=O) groups excluding carboxylic acids is 1. The first-order valence-electron chi connectivity index (χ1n) is 4.94. The smallest absolute Gasteiger partial charge is 0.200 e. The third kappa shape index (κ3) is 3.41. The van der Waals surface area contributed by atoms with Gasteiger partial charge in [0.2, 0.25) is 0 Å². The van der Waals surface area contributed by atoms with Gasteiger partial charge in [0.1, 0.15) is 5.76 Å². The van der Waals surface area contributed by atoms with Crippen LogP contribution in [0, 0.1) is 0 Å². The van der Waals surface area contributed by atoms with Crippen LogP contribution in [0.4, 0.5) is 0 Å². The molecule has 0 unspecified atom stereocenters. The second-order valence-corrected chi connectivity index (χ2v) is 3.42. The predicted molar refractivity (Wildman–Crippen MR) is 66.4 cm³/mol. The number of hydrogen-bond acceptors (Lipinski definition) is 5. The van der Waals surface area contributed by atoms with E-state index in [1.165, 1.54) is 18.2 Å². The number of allylic oxidation sites excluding steroid dienone is 3. The number of aliphatic hydroxyl groups excluding tert-OH is 1. The number of phenolic OH excluding ortho intramolecular Hbond substituents is 3. The first-order valence-corrected chi connectivity index (χ1v) is 4.94. The molecule has 1 aromatic carbocycles. The number of aliphatic hydroxyl groups is 1. The number of ketones is 1. The molecule has 0 aliphatic rings. The lowest BCUT2D eigenvalue weighted by molar-refractivity contribution is -0.110. The van der Waals surface area contributed by atoms with Crippen LogP contribution in [0.25, 0.3) is 6.08 Å². The highest BCUT2D eigenvalue weighted by atomic mass is 16.3. The van der Waals surface area contributed by atoms with E-state index in [4.69, 9.17) is 10.2 Å². The maximum atomic E-state index is 11.3. The average Bonchev–Trinajstić information content (AvgIpc) is 2.33. The van der Waals surface area contributed by atoms with Crippen molar-refractivity contribution in [2.75, 3.05) is 0 Å². The summed E-state index contributed by atoms with van der Waals surface area (Å²) in [7, 11) is 0. The van der Waals surface area contributed by atoms with Gasteiger partial charge in [0.15, 0.2) is 23.0 Å². The molecule has 18 heavy (non-hydrogen) atoms. The van der Waals surface area contributed by atoms with Crippen LogP contribution in [-0.4, -0.2) is 26.2 Å². The summed E-state index contributed by atoms with van der Waals surface area (Å²) in [6.45, 7) is 3.28. The SMILES string of the molecule is C=C/C(O)=C/C(=O)C=Cc1cc(O)c(O)c(O)c1. The van der Waals surface area contributed by atoms with E-state index in [0.717, 1.165) is 18.2 Å². The summed E-state index contributed by atoms with van der Waals surface area (Å²) < 4.78 is 0. The molecular weight excluding hydrogens is 236 g/mol. The zero-order valence-corrected chi connectivity index (χ0v) is 9.37. The number of rotatable bonds is 4. The van der Waals surface area contributed by atoms with E-state index in [0.29, 0.717) is 5.56 Å². The molecule has 0 saturated carbocycles. The molecule has 0 fully saturated rings. The third-order valence-electron chi connectivity index (χ3n) is 2.03. The molecule has 0 amide bonds. The Bertz CT molecular complexity index is 517. The van der Waals surface area contributed by atoms with Gasteiger partial charge in [-0.3, -0.25) is 4.79 Å². The summed E-state index contributed by atoms with van der Waals surface area (Å²) >= 11 is 0. The van der Waals surface area contributed by atoms with Crippen LogP contribution in [-0.2, 0) is 4.79 Å². The molecule has 0 aliphatic heterocycles. The van der Waals surface area contributed by atoms with Crippen LogP contribution in [0.2, 0.25) is 0 Å². The molecule has 5 heteroatoms. The fraction of sp³-hybridized carbons (Fsp3) is 0. The first-order chi connectivity index (χ1) is 8.43. The molecular formula is C13H12O5. The predicted octanol–water partition coefficient (Wildman–Crippen LogP) is 2.01. The third-order valence-corrected chi connectivity index (χ3v) is 2.03. The highest BCUT2D eigenvalue weighted by molar-refractivity contribution is 6.02. The fourth-order valence-corrected chi connectivity index (χ4v) is 1.15. The molecule has 0 atom stereocenters. The molecule has 0 aromatic heterocycles. The summed E-state index contributed by atoms with van der Waals surface area (Å²) in [5.74, 6) is -2.36.